The van der Waals surface area contributed by atoms with Crippen molar-refractivity contribution in [2.24, 2.45) is 0 Å². The maximum Gasteiger partial charge on any atom is 0.225 e. The molecule has 21 heavy (non-hydrogen) atoms. The lowest BCUT2D eigenvalue weighted by atomic mass is 10.3. The maximum absolute atomic E-state index is 11.9. The molecule has 0 unspecified atom stereocenters. The van der Waals surface area contributed by atoms with Gasteiger partial charge in [-0.2, -0.15) is 0 Å². The van der Waals surface area contributed by atoms with E-state index in [0.717, 1.165) is 4.90 Å². The zero-order valence-electron chi connectivity index (χ0n) is 11.0. The van der Waals surface area contributed by atoms with Crippen LogP contribution in [0.2, 0.25) is 10.0 Å². The van der Waals surface area contributed by atoms with Crippen molar-refractivity contribution in [3.63, 3.8) is 0 Å². The van der Waals surface area contributed by atoms with E-state index < -0.39 is 0 Å². The number of nitrogens with two attached hydrogens (primary N) is 1. The van der Waals surface area contributed by atoms with Gasteiger partial charge in [-0.3, -0.25) is 9.78 Å². The van der Waals surface area contributed by atoms with Gasteiger partial charge in [-0.05, 0) is 24.3 Å². The fraction of sp³-hybridized carbons (Fsp3) is 0.143. The molecule has 110 valence electrons. The molecule has 2 rings (SSSR count). The smallest absolute Gasteiger partial charge is 0.225 e. The Morgan fingerprint density at radius 1 is 1.33 bits per heavy atom. The monoisotopic (exact) mass is 341 g/mol. The Morgan fingerprint density at radius 3 is 2.90 bits per heavy atom. The first kappa shape index (κ1) is 15.9. The van der Waals surface area contributed by atoms with Crippen molar-refractivity contribution in [2.45, 2.75) is 11.3 Å². The van der Waals surface area contributed by atoms with Gasteiger partial charge in [0.2, 0.25) is 5.91 Å². The molecular formula is C14H13Cl2N3OS. The molecule has 3 N–H and O–H groups in total. The van der Waals surface area contributed by atoms with E-state index >= 15 is 0 Å². The Kier molecular flexibility index (Phi) is 5.73. The van der Waals surface area contributed by atoms with E-state index in [9.17, 15) is 4.79 Å². The molecule has 0 bridgehead atoms. The second-order valence-electron chi connectivity index (χ2n) is 4.18. The minimum absolute atomic E-state index is 0.126. The summed E-state index contributed by atoms with van der Waals surface area (Å²) >= 11 is 13.4. The Balaban J connectivity index is 1.85. The fourth-order valence-electron chi connectivity index (χ4n) is 1.59. The summed E-state index contributed by atoms with van der Waals surface area (Å²) in [6, 6.07) is 6.76. The number of hydrogen-bond acceptors (Lipinski definition) is 4. The summed E-state index contributed by atoms with van der Waals surface area (Å²) in [5.41, 5.74) is 6.91. The molecule has 0 radical (unpaired) electrons. The van der Waals surface area contributed by atoms with Gasteiger partial charge in [0.1, 0.15) is 0 Å². The topological polar surface area (TPSA) is 68.0 Å². The number of benzene rings is 1. The number of anilines is 2. The van der Waals surface area contributed by atoms with Crippen LogP contribution in [-0.4, -0.2) is 16.6 Å². The molecule has 1 aromatic heterocycles. The summed E-state index contributed by atoms with van der Waals surface area (Å²) in [5.74, 6) is 0.484. The van der Waals surface area contributed by atoms with Crippen LogP contribution in [0, 0.1) is 0 Å². The third kappa shape index (κ3) is 4.81. The van der Waals surface area contributed by atoms with Crippen LogP contribution in [0.3, 0.4) is 0 Å². The summed E-state index contributed by atoms with van der Waals surface area (Å²) in [5, 5.41) is 3.72. The minimum atomic E-state index is -0.126. The molecule has 1 aromatic carbocycles. The Bertz CT molecular complexity index is 652. The first-order valence-corrected chi connectivity index (χ1v) is 7.87. The van der Waals surface area contributed by atoms with Crippen LogP contribution in [0.5, 0.6) is 0 Å². The van der Waals surface area contributed by atoms with Crippen LogP contribution >= 0.6 is 35.0 Å². The normalized spacial score (nSPS) is 10.4. The number of rotatable bonds is 5. The zero-order chi connectivity index (χ0) is 15.2. The van der Waals surface area contributed by atoms with Crippen LogP contribution in [-0.2, 0) is 4.79 Å². The SMILES string of the molecule is Nc1cnccc1SCCC(=O)Nc1cc(Cl)ccc1Cl. The highest BCUT2D eigenvalue weighted by atomic mass is 35.5. The summed E-state index contributed by atoms with van der Waals surface area (Å²) in [6.07, 6.45) is 3.61. The van der Waals surface area contributed by atoms with Gasteiger partial charge in [0.05, 0.1) is 22.6 Å². The number of nitrogens with one attached hydrogen (secondary N) is 1. The average molecular weight is 342 g/mol. The van der Waals surface area contributed by atoms with Crippen molar-refractivity contribution in [2.75, 3.05) is 16.8 Å². The summed E-state index contributed by atoms with van der Waals surface area (Å²) in [6.45, 7) is 0. The molecule has 0 aliphatic rings. The number of carbonyl (C=O) groups is 1. The first-order valence-electron chi connectivity index (χ1n) is 6.13. The standard InChI is InChI=1S/C14H13Cl2N3OS/c15-9-1-2-10(16)12(7-9)19-14(20)4-6-21-13-3-5-18-8-11(13)17/h1-3,5,7-8H,4,6,17H2,(H,19,20). The lowest BCUT2D eigenvalue weighted by Crippen LogP contribution is -2.12. The number of amides is 1. The zero-order valence-corrected chi connectivity index (χ0v) is 13.3. The molecule has 0 saturated carbocycles. The van der Waals surface area contributed by atoms with Crippen LogP contribution in [0.1, 0.15) is 6.42 Å². The number of thioether (sulfide) groups is 1. The number of halogens is 2. The number of hydrogen-bond donors (Lipinski definition) is 2. The number of pyridine rings is 1. The number of nitrogens with zero attached hydrogens (tertiary/aromatic N) is 1. The van der Waals surface area contributed by atoms with E-state index in [0.29, 0.717) is 33.6 Å². The Labute approximate surface area is 137 Å². The molecule has 0 aliphatic carbocycles. The van der Waals surface area contributed by atoms with Gasteiger partial charge in [-0.15, -0.1) is 11.8 Å². The third-order valence-corrected chi connectivity index (χ3v) is 4.26. The lowest BCUT2D eigenvalue weighted by molar-refractivity contribution is -0.115. The summed E-state index contributed by atoms with van der Waals surface area (Å²) in [4.78, 5) is 16.7. The van der Waals surface area contributed by atoms with Gasteiger partial charge in [-0.1, -0.05) is 23.2 Å². The molecule has 2 aromatic rings. The summed E-state index contributed by atoms with van der Waals surface area (Å²) < 4.78 is 0. The molecule has 4 nitrogen and oxygen atoms in total. The number of nitrogen functional groups attached to an aromatic ring is 1. The van der Waals surface area contributed by atoms with E-state index in [-0.39, 0.29) is 5.91 Å². The molecule has 0 atom stereocenters. The van der Waals surface area contributed by atoms with Crippen molar-refractivity contribution in [1.29, 1.82) is 0 Å². The van der Waals surface area contributed by atoms with Crippen molar-refractivity contribution in [3.8, 4) is 0 Å². The van der Waals surface area contributed by atoms with E-state index in [4.69, 9.17) is 28.9 Å². The van der Waals surface area contributed by atoms with Crippen LogP contribution < -0.4 is 11.1 Å². The molecule has 0 spiro atoms. The molecule has 0 fully saturated rings. The molecular weight excluding hydrogens is 329 g/mol. The van der Waals surface area contributed by atoms with E-state index in [1.165, 1.54) is 11.8 Å². The van der Waals surface area contributed by atoms with Crippen molar-refractivity contribution < 1.29 is 4.79 Å². The fourth-order valence-corrected chi connectivity index (χ4v) is 2.81. The van der Waals surface area contributed by atoms with Crippen molar-refractivity contribution in [1.82, 2.24) is 4.98 Å². The highest BCUT2D eigenvalue weighted by molar-refractivity contribution is 7.99. The van der Waals surface area contributed by atoms with E-state index in [1.807, 2.05) is 6.07 Å². The van der Waals surface area contributed by atoms with Gasteiger partial charge in [-0.25, -0.2) is 0 Å². The predicted octanol–water partition coefficient (Wildman–Crippen LogP) is 4.09. The third-order valence-electron chi connectivity index (χ3n) is 2.60. The molecule has 0 saturated heterocycles. The number of carbonyl (C=O) groups excluding carboxylic acids is 1. The minimum Gasteiger partial charge on any atom is -0.397 e. The van der Waals surface area contributed by atoms with Crippen molar-refractivity contribution in [3.05, 3.63) is 46.7 Å². The van der Waals surface area contributed by atoms with Crippen LogP contribution in [0.15, 0.2) is 41.6 Å². The van der Waals surface area contributed by atoms with E-state index in [1.54, 1.807) is 30.6 Å². The quantitative estimate of drug-likeness (QED) is 0.803. The Morgan fingerprint density at radius 2 is 2.14 bits per heavy atom. The lowest BCUT2D eigenvalue weighted by Gasteiger charge is -2.08. The van der Waals surface area contributed by atoms with Gasteiger partial charge in [0.15, 0.2) is 0 Å². The van der Waals surface area contributed by atoms with Gasteiger partial charge >= 0.3 is 0 Å². The maximum atomic E-state index is 11.9. The van der Waals surface area contributed by atoms with Crippen LogP contribution in [0.25, 0.3) is 0 Å². The van der Waals surface area contributed by atoms with E-state index in [2.05, 4.69) is 10.3 Å². The van der Waals surface area contributed by atoms with Crippen molar-refractivity contribution >= 4 is 52.2 Å². The largest absolute Gasteiger partial charge is 0.397 e. The second kappa shape index (κ2) is 7.54. The highest BCUT2D eigenvalue weighted by Crippen LogP contribution is 2.26. The molecule has 0 aliphatic heterocycles. The first-order chi connectivity index (χ1) is 10.1. The Hall–Kier alpha value is -1.43. The van der Waals surface area contributed by atoms with Crippen LogP contribution in [0.4, 0.5) is 11.4 Å². The van der Waals surface area contributed by atoms with Gasteiger partial charge in [0.25, 0.3) is 0 Å². The molecule has 7 heteroatoms. The summed E-state index contributed by atoms with van der Waals surface area (Å²) in [7, 11) is 0. The second-order valence-corrected chi connectivity index (χ2v) is 6.16. The predicted molar refractivity (Wildman–Crippen MR) is 89.1 cm³/mol. The highest BCUT2D eigenvalue weighted by Gasteiger charge is 2.07. The van der Waals surface area contributed by atoms with Gasteiger partial charge < -0.3 is 11.1 Å². The average Bonchev–Trinajstić information content (AvgIpc) is 2.45. The van der Waals surface area contributed by atoms with Gasteiger partial charge in [0, 0.05) is 28.3 Å². The molecule has 1 heterocycles. The molecule has 1 amide bonds. The number of aromatic nitrogens is 1.